The number of aromatic nitrogens is 1. The molecule has 28 heavy (non-hydrogen) atoms. The Balaban J connectivity index is 1.46. The second-order valence-electron chi connectivity index (χ2n) is 6.59. The fraction of sp³-hybridized carbons (Fsp3) is 0.304. The normalized spacial score (nSPS) is 11.2. The van der Waals surface area contributed by atoms with E-state index in [9.17, 15) is 4.79 Å². The van der Waals surface area contributed by atoms with Gasteiger partial charge in [0.1, 0.15) is 5.75 Å². The standard InChI is InChI=1S/C23H26N2O2S/c1-2-3-4-5-6-7-13-27-20-10-8-9-18(14-20)16-24-23(26)19-11-12-21-22(15-19)28-17-25-21/h3-4,8-12,14-15,17H,2,5-7,13,16H2,1H3,(H,24,26). The number of rotatable bonds is 10. The molecule has 1 aromatic heterocycles. The lowest BCUT2D eigenvalue weighted by Crippen LogP contribution is -2.22. The second kappa shape index (κ2) is 10.6. The van der Waals surface area contributed by atoms with Crippen molar-refractivity contribution in [1.29, 1.82) is 0 Å². The SMILES string of the molecule is CCC=CCCCCOc1cccc(CNC(=O)c2ccc3ncsc3c2)c1. The molecular formula is C23H26N2O2S. The van der Waals surface area contributed by atoms with Crippen LogP contribution in [0, 0.1) is 0 Å². The predicted molar refractivity (Wildman–Crippen MR) is 116 cm³/mol. The van der Waals surface area contributed by atoms with Crippen LogP contribution in [-0.2, 0) is 6.54 Å². The minimum atomic E-state index is -0.0817. The molecule has 1 heterocycles. The fourth-order valence-corrected chi connectivity index (χ4v) is 3.58. The van der Waals surface area contributed by atoms with E-state index >= 15 is 0 Å². The van der Waals surface area contributed by atoms with Crippen LogP contribution in [0.25, 0.3) is 10.2 Å². The van der Waals surface area contributed by atoms with Gasteiger partial charge >= 0.3 is 0 Å². The number of fused-ring (bicyclic) bond motifs is 1. The summed E-state index contributed by atoms with van der Waals surface area (Å²) in [5, 5.41) is 2.98. The van der Waals surface area contributed by atoms with E-state index in [1.165, 1.54) is 11.3 Å². The molecular weight excluding hydrogens is 368 g/mol. The molecule has 0 radical (unpaired) electrons. The van der Waals surface area contributed by atoms with E-state index in [-0.39, 0.29) is 5.91 Å². The van der Waals surface area contributed by atoms with Crippen LogP contribution in [0.4, 0.5) is 0 Å². The van der Waals surface area contributed by atoms with E-state index in [1.54, 1.807) is 5.51 Å². The molecule has 146 valence electrons. The number of benzene rings is 2. The largest absolute Gasteiger partial charge is 0.494 e. The Morgan fingerprint density at radius 1 is 1.18 bits per heavy atom. The molecule has 0 spiro atoms. The van der Waals surface area contributed by atoms with Crippen LogP contribution in [0.1, 0.15) is 48.5 Å². The third kappa shape index (κ3) is 5.92. The van der Waals surface area contributed by atoms with Gasteiger partial charge in [0.25, 0.3) is 5.91 Å². The number of hydrogen-bond donors (Lipinski definition) is 1. The maximum Gasteiger partial charge on any atom is 0.251 e. The van der Waals surface area contributed by atoms with Crippen LogP contribution in [0.15, 0.2) is 60.1 Å². The monoisotopic (exact) mass is 394 g/mol. The highest BCUT2D eigenvalue weighted by atomic mass is 32.1. The molecule has 3 rings (SSSR count). The Hall–Kier alpha value is -2.66. The zero-order valence-corrected chi connectivity index (χ0v) is 17.0. The van der Waals surface area contributed by atoms with Crippen molar-refractivity contribution in [3.05, 3.63) is 71.3 Å². The van der Waals surface area contributed by atoms with E-state index < -0.39 is 0 Å². The van der Waals surface area contributed by atoms with Gasteiger partial charge in [0, 0.05) is 12.1 Å². The molecule has 0 aliphatic carbocycles. The molecule has 0 unspecified atom stereocenters. The predicted octanol–water partition coefficient (Wildman–Crippen LogP) is 5.74. The molecule has 1 amide bonds. The lowest BCUT2D eigenvalue weighted by Gasteiger charge is -2.09. The lowest BCUT2D eigenvalue weighted by molar-refractivity contribution is 0.0951. The minimum Gasteiger partial charge on any atom is -0.494 e. The number of thiazole rings is 1. The molecule has 5 heteroatoms. The van der Waals surface area contributed by atoms with E-state index in [0.717, 1.165) is 47.2 Å². The third-order valence-electron chi connectivity index (χ3n) is 4.38. The average Bonchev–Trinajstić information content (AvgIpc) is 3.19. The lowest BCUT2D eigenvalue weighted by atomic mass is 10.1. The number of amides is 1. The maximum absolute atomic E-state index is 12.4. The molecule has 4 nitrogen and oxygen atoms in total. The molecule has 0 aliphatic rings. The van der Waals surface area contributed by atoms with Crippen molar-refractivity contribution < 1.29 is 9.53 Å². The Morgan fingerprint density at radius 3 is 3.00 bits per heavy atom. The van der Waals surface area contributed by atoms with Crippen molar-refractivity contribution in [1.82, 2.24) is 10.3 Å². The number of ether oxygens (including phenoxy) is 1. The van der Waals surface area contributed by atoms with E-state index in [2.05, 4.69) is 29.4 Å². The quantitative estimate of drug-likeness (QED) is 0.352. The topological polar surface area (TPSA) is 51.2 Å². The molecule has 0 fully saturated rings. The Kier molecular flexibility index (Phi) is 7.62. The second-order valence-corrected chi connectivity index (χ2v) is 7.48. The third-order valence-corrected chi connectivity index (χ3v) is 5.17. The van der Waals surface area contributed by atoms with Gasteiger partial charge in [0.05, 0.1) is 22.3 Å². The van der Waals surface area contributed by atoms with Crippen molar-refractivity contribution in [3.63, 3.8) is 0 Å². The van der Waals surface area contributed by atoms with Gasteiger partial charge in [0.15, 0.2) is 0 Å². The highest BCUT2D eigenvalue weighted by Crippen LogP contribution is 2.19. The summed E-state index contributed by atoms with van der Waals surface area (Å²) in [6.07, 6.45) is 8.81. The fourth-order valence-electron chi connectivity index (χ4n) is 2.86. The Labute approximate surface area is 170 Å². The summed E-state index contributed by atoms with van der Waals surface area (Å²) in [4.78, 5) is 16.7. The Bertz CT molecular complexity index is 933. The van der Waals surface area contributed by atoms with Gasteiger partial charge in [-0.25, -0.2) is 4.98 Å². The molecule has 1 N–H and O–H groups in total. The number of nitrogens with zero attached hydrogens (tertiary/aromatic N) is 1. The van der Waals surface area contributed by atoms with Gasteiger partial charge in [-0.15, -0.1) is 11.3 Å². The molecule has 0 aliphatic heterocycles. The molecule has 0 atom stereocenters. The summed E-state index contributed by atoms with van der Waals surface area (Å²) in [7, 11) is 0. The van der Waals surface area contributed by atoms with Crippen molar-refractivity contribution >= 4 is 27.5 Å². The van der Waals surface area contributed by atoms with Crippen molar-refractivity contribution in [3.8, 4) is 5.75 Å². The van der Waals surface area contributed by atoms with Gasteiger partial charge in [0.2, 0.25) is 0 Å². The minimum absolute atomic E-state index is 0.0817. The molecule has 0 saturated carbocycles. The summed E-state index contributed by atoms with van der Waals surface area (Å²) in [6.45, 7) is 3.33. The summed E-state index contributed by atoms with van der Waals surface area (Å²) >= 11 is 1.54. The number of carbonyl (C=O) groups is 1. The number of allylic oxidation sites excluding steroid dienone is 2. The summed E-state index contributed by atoms with van der Waals surface area (Å²) in [5.41, 5.74) is 4.39. The number of hydrogen-bond acceptors (Lipinski definition) is 4. The number of carbonyl (C=O) groups excluding carboxylic acids is 1. The van der Waals surface area contributed by atoms with Gasteiger partial charge in [-0.1, -0.05) is 31.2 Å². The van der Waals surface area contributed by atoms with E-state index in [4.69, 9.17) is 4.74 Å². The number of nitrogens with one attached hydrogen (secondary N) is 1. The van der Waals surface area contributed by atoms with Gasteiger partial charge in [-0.2, -0.15) is 0 Å². The highest BCUT2D eigenvalue weighted by molar-refractivity contribution is 7.16. The first-order valence-electron chi connectivity index (χ1n) is 9.74. The van der Waals surface area contributed by atoms with Crippen LogP contribution >= 0.6 is 11.3 Å². The van der Waals surface area contributed by atoms with Crippen molar-refractivity contribution in [2.24, 2.45) is 0 Å². The summed E-state index contributed by atoms with van der Waals surface area (Å²) < 4.78 is 6.86. The molecule has 0 saturated heterocycles. The van der Waals surface area contributed by atoms with Crippen molar-refractivity contribution in [2.45, 2.75) is 39.2 Å². The first kappa shape index (κ1) is 20.1. The van der Waals surface area contributed by atoms with Crippen LogP contribution in [0.5, 0.6) is 5.75 Å². The molecule has 3 aromatic rings. The van der Waals surface area contributed by atoms with E-state index in [1.807, 2.05) is 42.5 Å². The average molecular weight is 395 g/mol. The van der Waals surface area contributed by atoms with Gasteiger partial charge in [-0.3, -0.25) is 4.79 Å². The molecule has 0 bridgehead atoms. The zero-order chi connectivity index (χ0) is 19.6. The first-order chi connectivity index (χ1) is 13.8. The highest BCUT2D eigenvalue weighted by Gasteiger charge is 2.07. The zero-order valence-electron chi connectivity index (χ0n) is 16.2. The first-order valence-corrected chi connectivity index (χ1v) is 10.6. The van der Waals surface area contributed by atoms with Gasteiger partial charge in [-0.05, 0) is 61.6 Å². The number of unbranched alkanes of at least 4 members (excludes halogenated alkanes) is 2. The van der Waals surface area contributed by atoms with Crippen LogP contribution in [0.3, 0.4) is 0 Å². The van der Waals surface area contributed by atoms with E-state index in [0.29, 0.717) is 18.7 Å². The van der Waals surface area contributed by atoms with Gasteiger partial charge < -0.3 is 10.1 Å². The van der Waals surface area contributed by atoms with Crippen LogP contribution in [0.2, 0.25) is 0 Å². The summed E-state index contributed by atoms with van der Waals surface area (Å²) in [6, 6.07) is 13.5. The van der Waals surface area contributed by atoms with Crippen LogP contribution < -0.4 is 10.1 Å². The smallest absolute Gasteiger partial charge is 0.251 e. The van der Waals surface area contributed by atoms with Crippen LogP contribution in [-0.4, -0.2) is 17.5 Å². The maximum atomic E-state index is 12.4. The Morgan fingerprint density at radius 2 is 2.11 bits per heavy atom. The molecule has 2 aromatic carbocycles. The van der Waals surface area contributed by atoms with Crippen molar-refractivity contribution in [2.75, 3.05) is 6.61 Å². The summed E-state index contributed by atoms with van der Waals surface area (Å²) in [5.74, 6) is 0.767.